The Balaban J connectivity index is 1.70. The summed E-state index contributed by atoms with van der Waals surface area (Å²) in [5, 5.41) is 14.7. The highest BCUT2D eigenvalue weighted by Crippen LogP contribution is 2.39. The lowest BCUT2D eigenvalue weighted by Crippen LogP contribution is -2.38. The van der Waals surface area contributed by atoms with Gasteiger partial charge in [-0.2, -0.15) is 15.3 Å². The minimum absolute atomic E-state index is 0.113. The van der Waals surface area contributed by atoms with Crippen molar-refractivity contribution in [3.05, 3.63) is 45.2 Å². The van der Waals surface area contributed by atoms with Crippen molar-refractivity contribution in [2.45, 2.75) is 44.2 Å². The van der Waals surface area contributed by atoms with Crippen molar-refractivity contribution in [2.24, 2.45) is 0 Å². The summed E-state index contributed by atoms with van der Waals surface area (Å²) in [7, 11) is 0. The second-order valence-corrected chi connectivity index (χ2v) is 7.91. The van der Waals surface area contributed by atoms with Gasteiger partial charge in [-0.25, -0.2) is 9.50 Å². The van der Waals surface area contributed by atoms with Crippen LogP contribution < -0.4 is 16.2 Å². The van der Waals surface area contributed by atoms with Crippen molar-refractivity contribution in [3.8, 4) is 6.07 Å². The molecule has 3 aromatic heterocycles. The molecule has 10 heteroatoms. The maximum absolute atomic E-state index is 13.3. The average molecular weight is 411 g/mol. The van der Waals surface area contributed by atoms with E-state index in [-0.39, 0.29) is 23.6 Å². The topological polar surface area (TPSA) is 118 Å². The van der Waals surface area contributed by atoms with E-state index in [1.165, 1.54) is 6.20 Å². The molecule has 2 fully saturated rings. The van der Waals surface area contributed by atoms with Crippen LogP contribution >= 0.6 is 11.6 Å². The van der Waals surface area contributed by atoms with Crippen molar-refractivity contribution in [1.29, 1.82) is 5.26 Å². The third-order valence-corrected chi connectivity index (χ3v) is 6.17. The molecule has 3 aromatic rings. The fourth-order valence-electron chi connectivity index (χ4n) is 4.26. The van der Waals surface area contributed by atoms with Crippen LogP contribution in [0.25, 0.3) is 5.52 Å². The number of nitrogens with zero attached hydrogens (tertiary/aromatic N) is 7. The summed E-state index contributed by atoms with van der Waals surface area (Å²) in [5.74, 6) is 1.28. The third kappa shape index (κ3) is 2.75. The van der Waals surface area contributed by atoms with E-state index in [9.17, 15) is 10.1 Å². The number of halogens is 1. The van der Waals surface area contributed by atoms with Crippen molar-refractivity contribution in [2.75, 3.05) is 17.2 Å². The maximum atomic E-state index is 13.3. The van der Waals surface area contributed by atoms with Crippen LogP contribution in [0.4, 0.5) is 11.8 Å². The van der Waals surface area contributed by atoms with Gasteiger partial charge < -0.3 is 10.6 Å². The standard InChI is InChI=1S/C19H19ClN8O/c20-13-6-8-27-15(13)18(29)28(12-3-1-4-12)17(25-27)14-5-2-7-26(14)16-11(9-21)10-23-19(22)24-16/h6,8,10,12,14H,1-5,7H2,(H2,22,23,24)/t14-/m0/s1. The fourth-order valence-corrected chi connectivity index (χ4v) is 4.48. The van der Waals surface area contributed by atoms with Crippen LogP contribution in [0.2, 0.25) is 5.02 Å². The second kappa shape index (κ2) is 6.74. The Bertz CT molecular complexity index is 1210. The smallest absolute Gasteiger partial charge is 0.279 e. The van der Waals surface area contributed by atoms with Crippen molar-refractivity contribution >= 4 is 28.9 Å². The number of nitrogens with two attached hydrogens (primary N) is 1. The molecule has 4 heterocycles. The number of nitriles is 1. The number of aromatic nitrogens is 5. The normalized spacial score (nSPS) is 19.4. The Kier molecular flexibility index (Phi) is 4.17. The first-order chi connectivity index (χ1) is 14.1. The lowest BCUT2D eigenvalue weighted by Gasteiger charge is -2.33. The zero-order valence-electron chi connectivity index (χ0n) is 15.6. The number of rotatable bonds is 3. The second-order valence-electron chi connectivity index (χ2n) is 7.50. The molecule has 0 unspecified atom stereocenters. The monoisotopic (exact) mass is 410 g/mol. The van der Waals surface area contributed by atoms with Gasteiger partial charge in [-0.15, -0.1) is 0 Å². The van der Waals surface area contributed by atoms with Gasteiger partial charge in [0.1, 0.15) is 17.1 Å². The van der Waals surface area contributed by atoms with E-state index in [2.05, 4.69) is 16.0 Å². The van der Waals surface area contributed by atoms with Crippen LogP contribution in [0.15, 0.2) is 23.3 Å². The van der Waals surface area contributed by atoms with Gasteiger partial charge in [-0.3, -0.25) is 9.36 Å². The van der Waals surface area contributed by atoms with Gasteiger partial charge in [-0.05, 0) is 38.2 Å². The van der Waals surface area contributed by atoms with Crippen LogP contribution in [-0.2, 0) is 0 Å². The van der Waals surface area contributed by atoms with Crippen LogP contribution in [0.5, 0.6) is 0 Å². The highest BCUT2D eigenvalue weighted by Gasteiger charge is 2.36. The first-order valence-electron chi connectivity index (χ1n) is 9.67. The van der Waals surface area contributed by atoms with E-state index < -0.39 is 0 Å². The molecule has 29 heavy (non-hydrogen) atoms. The van der Waals surface area contributed by atoms with Gasteiger partial charge in [0.25, 0.3) is 5.56 Å². The molecule has 2 N–H and O–H groups in total. The summed E-state index contributed by atoms with van der Waals surface area (Å²) in [6, 6.07) is 3.76. The van der Waals surface area contributed by atoms with E-state index in [4.69, 9.17) is 22.4 Å². The molecule has 2 aliphatic rings. The van der Waals surface area contributed by atoms with E-state index in [1.807, 2.05) is 9.47 Å². The zero-order valence-corrected chi connectivity index (χ0v) is 16.4. The van der Waals surface area contributed by atoms with E-state index in [0.717, 1.165) is 32.1 Å². The highest BCUT2D eigenvalue weighted by atomic mass is 35.5. The van der Waals surface area contributed by atoms with Gasteiger partial charge in [-0.1, -0.05) is 11.6 Å². The van der Waals surface area contributed by atoms with E-state index in [0.29, 0.717) is 34.3 Å². The molecular weight excluding hydrogens is 392 g/mol. The van der Waals surface area contributed by atoms with Gasteiger partial charge in [0.2, 0.25) is 5.95 Å². The number of nitrogen functional groups attached to an aromatic ring is 1. The number of anilines is 2. The lowest BCUT2D eigenvalue weighted by atomic mass is 9.92. The number of hydrogen-bond acceptors (Lipinski definition) is 7. The summed E-state index contributed by atoms with van der Waals surface area (Å²) < 4.78 is 3.37. The molecule has 1 aliphatic carbocycles. The Morgan fingerprint density at radius 1 is 1.28 bits per heavy atom. The van der Waals surface area contributed by atoms with Crippen molar-refractivity contribution in [3.63, 3.8) is 0 Å². The van der Waals surface area contributed by atoms with Gasteiger partial charge >= 0.3 is 0 Å². The molecule has 148 valence electrons. The van der Waals surface area contributed by atoms with Gasteiger partial charge in [0.15, 0.2) is 11.6 Å². The maximum Gasteiger partial charge on any atom is 0.279 e. The molecule has 5 rings (SSSR count). The summed E-state index contributed by atoms with van der Waals surface area (Å²) in [6.45, 7) is 0.695. The highest BCUT2D eigenvalue weighted by molar-refractivity contribution is 6.33. The summed E-state index contributed by atoms with van der Waals surface area (Å²) in [5.41, 5.74) is 6.43. The predicted octanol–water partition coefficient (Wildman–Crippen LogP) is 2.46. The molecule has 1 saturated carbocycles. The molecule has 0 radical (unpaired) electrons. The SMILES string of the molecule is N#Cc1cnc(N)nc1N1CCC[C@H]1c1nn2ccc(Cl)c2c(=O)n1C1CCC1. The molecule has 0 bridgehead atoms. The number of fused-ring (bicyclic) bond motifs is 1. The first kappa shape index (κ1) is 17.9. The molecule has 1 atom stereocenters. The molecule has 1 saturated heterocycles. The Morgan fingerprint density at radius 2 is 2.10 bits per heavy atom. The lowest BCUT2D eigenvalue weighted by molar-refractivity contribution is 0.288. The minimum atomic E-state index is -0.185. The summed E-state index contributed by atoms with van der Waals surface area (Å²) in [6.07, 6.45) is 7.81. The third-order valence-electron chi connectivity index (χ3n) is 5.87. The Labute approximate surface area is 171 Å². The molecule has 1 aliphatic heterocycles. The van der Waals surface area contributed by atoms with Crippen molar-refractivity contribution in [1.82, 2.24) is 24.1 Å². The fraction of sp³-hybridized carbons (Fsp3) is 0.421. The summed E-state index contributed by atoms with van der Waals surface area (Å²) >= 11 is 6.26. The largest absolute Gasteiger partial charge is 0.368 e. The van der Waals surface area contributed by atoms with Crippen LogP contribution in [0.1, 0.15) is 55.6 Å². The molecule has 0 aromatic carbocycles. The van der Waals surface area contributed by atoms with Crippen LogP contribution in [-0.4, -0.2) is 30.7 Å². The van der Waals surface area contributed by atoms with Gasteiger partial charge in [0, 0.05) is 18.8 Å². The van der Waals surface area contributed by atoms with E-state index in [1.54, 1.807) is 16.8 Å². The van der Waals surface area contributed by atoms with Crippen LogP contribution in [0, 0.1) is 11.3 Å². The number of hydrogen-bond donors (Lipinski definition) is 1. The Hall–Kier alpha value is -3.12. The molecule has 9 nitrogen and oxygen atoms in total. The summed E-state index contributed by atoms with van der Waals surface area (Å²) in [4.78, 5) is 23.6. The Morgan fingerprint density at radius 3 is 2.83 bits per heavy atom. The van der Waals surface area contributed by atoms with E-state index >= 15 is 0 Å². The van der Waals surface area contributed by atoms with Gasteiger partial charge in [0.05, 0.1) is 17.3 Å². The minimum Gasteiger partial charge on any atom is -0.368 e. The van der Waals surface area contributed by atoms with Crippen molar-refractivity contribution < 1.29 is 0 Å². The quantitative estimate of drug-likeness (QED) is 0.704. The predicted molar refractivity (Wildman–Crippen MR) is 108 cm³/mol. The molecule has 0 spiro atoms. The van der Waals surface area contributed by atoms with Crippen LogP contribution in [0.3, 0.4) is 0 Å². The zero-order chi connectivity index (χ0) is 20.1. The molecular formula is C19H19ClN8O. The first-order valence-corrected chi connectivity index (χ1v) is 10.0. The molecule has 0 amide bonds. The average Bonchev–Trinajstić information content (AvgIpc) is 3.29.